The maximum Gasteiger partial charge on any atom is 0.186 e. The van der Waals surface area contributed by atoms with E-state index >= 15 is 0 Å². The van der Waals surface area contributed by atoms with Crippen LogP contribution in [0.2, 0.25) is 0 Å². The Morgan fingerprint density at radius 2 is 2.00 bits per heavy atom. The number of aliphatic hydroxyl groups is 2. The van der Waals surface area contributed by atoms with Crippen LogP contribution < -0.4 is 4.90 Å². The van der Waals surface area contributed by atoms with Crippen LogP contribution in [0.25, 0.3) is 0 Å². The van der Waals surface area contributed by atoms with Crippen molar-refractivity contribution in [2.45, 2.75) is 0 Å². The van der Waals surface area contributed by atoms with Crippen molar-refractivity contribution in [2.24, 2.45) is 0 Å². The number of aromatic nitrogens is 1. The Hall–Kier alpha value is -0.170. The fraction of sp³-hybridized carbons (Fsp3) is 0.571. The highest BCUT2D eigenvalue weighted by Gasteiger charge is 2.08. The number of anilines is 1. The highest BCUT2D eigenvalue weighted by atomic mass is 79.9. The summed E-state index contributed by atoms with van der Waals surface area (Å²) in [7, 11) is 0. The SMILES string of the molecule is OCCN(CCO)c1nc(Br)cs1. The minimum atomic E-state index is 0.0667. The van der Waals surface area contributed by atoms with E-state index in [1.54, 1.807) is 0 Å². The van der Waals surface area contributed by atoms with Crippen LogP contribution in [0, 0.1) is 0 Å². The third-order valence-corrected chi connectivity index (χ3v) is 3.09. The van der Waals surface area contributed by atoms with E-state index in [2.05, 4.69) is 20.9 Å². The monoisotopic (exact) mass is 266 g/mol. The summed E-state index contributed by atoms with van der Waals surface area (Å²) in [4.78, 5) is 6.03. The second-order valence-corrected chi connectivity index (χ2v) is 4.04. The van der Waals surface area contributed by atoms with Gasteiger partial charge in [-0.25, -0.2) is 4.98 Å². The topological polar surface area (TPSA) is 56.6 Å². The van der Waals surface area contributed by atoms with Crippen LogP contribution in [0.3, 0.4) is 0 Å². The zero-order chi connectivity index (χ0) is 9.68. The highest BCUT2D eigenvalue weighted by molar-refractivity contribution is 9.10. The predicted octanol–water partition coefficient (Wildman–Crippen LogP) is 0.697. The van der Waals surface area contributed by atoms with E-state index < -0.39 is 0 Å². The Labute approximate surface area is 89.0 Å². The molecule has 13 heavy (non-hydrogen) atoms. The Balaban J connectivity index is 2.63. The molecule has 74 valence electrons. The molecule has 0 radical (unpaired) electrons. The Morgan fingerprint density at radius 1 is 1.38 bits per heavy atom. The van der Waals surface area contributed by atoms with Crippen molar-refractivity contribution in [1.82, 2.24) is 4.98 Å². The molecule has 0 aliphatic carbocycles. The first-order chi connectivity index (χ1) is 6.27. The predicted molar refractivity (Wildman–Crippen MR) is 56.2 cm³/mol. The van der Waals surface area contributed by atoms with Crippen LogP contribution in [0.15, 0.2) is 9.98 Å². The first-order valence-corrected chi connectivity index (χ1v) is 5.53. The minimum Gasteiger partial charge on any atom is -0.395 e. The van der Waals surface area contributed by atoms with Gasteiger partial charge in [-0.2, -0.15) is 0 Å². The normalized spacial score (nSPS) is 10.4. The van der Waals surface area contributed by atoms with Crippen molar-refractivity contribution in [2.75, 3.05) is 31.2 Å². The molecule has 0 unspecified atom stereocenters. The van der Waals surface area contributed by atoms with Crippen molar-refractivity contribution in [3.63, 3.8) is 0 Å². The summed E-state index contributed by atoms with van der Waals surface area (Å²) in [5.74, 6) is 0. The first-order valence-electron chi connectivity index (χ1n) is 3.85. The van der Waals surface area contributed by atoms with Crippen molar-refractivity contribution in [3.8, 4) is 0 Å². The minimum absolute atomic E-state index is 0.0667. The van der Waals surface area contributed by atoms with E-state index in [0.29, 0.717) is 13.1 Å². The van der Waals surface area contributed by atoms with Crippen LogP contribution in [0.4, 0.5) is 5.13 Å². The van der Waals surface area contributed by atoms with E-state index in [1.807, 2.05) is 10.3 Å². The lowest BCUT2D eigenvalue weighted by atomic mass is 10.5. The van der Waals surface area contributed by atoms with Gasteiger partial charge in [0.2, 0.25) is 0 Å². The summed E-state index contributed by atoms with van der Waals surface area (Å²) in [6, 6.07) is 0. The van der Waals surface area contributed by atoms with Gasteiger partial charge in [0.25, 0.3) is 0 Å². The molecule has 0 aliphatic heterocycles. The number of nitrogens with zero attached hydrogens (tertiary/aromatic N) is 2. The van der Waals surface area contributed by atoms with Crippen molar-refractivity contribution in [3.05, 3.63) is 9.98 Å². The maximum absolute atomic E-state index is 8.77. The molecular formula is C7H11BrN2O2S. The van der Waals surface area contributed by atoms with Gasteiger partial charge in [-0.15, -0.1) is 11.3 Å². The summed E-state index contributed by atoms with van der Waals surface area (Å²) in [6.45, 7) is 1.13. The molecule has 0 fully saturated rings. The Morgan fingerprint density at radius 3 is 2.38 bits per heavy atom. The number of halogens is 1. The molecule has 0 saturated heterocycles. The average Bonchev–Trinajstić information content (AvgIpc) is 2.51. The zero-order valence-electron chi connectivity index (χ0n) is 6.98. The van der Waals surface area contributed by atoms with E-state index in [0.717, 1.165) is 9.73 Å². The van der Waals surface area contributed by atoms with Gasteiger partial charge in [0.1, 0.15) is 4.60 Å². The highest BCUT2D eigenvalue weighted by Crippen LogP contribution is 2.22. The molecule has 0 bridgehead atoms. The van der Waals surface area contributed by atoms with E-state index in [4.69, 9.17) is 10.2 Å². The quantitative estimate of drug-likeness (QED) is 0.824. The van der Waals surface area contributed by atoms with Gasteiger partial charge in [0, 0.05) is 18.5 Å². The van der Waals surface area contributed by atoms with Crippen LogP contribution in [0.5, 0.6) is 0 Å². The van der Waals surface area contributed by atoms with Crippen LogP contribution in [-0.4, -0.2) is 41.5 Å². The molecule has 1 aromatic rings. The Bertz CT molecular complexity index is 250. The van der Waals surface area contributed by atoms with Crippen LogP contribution in [-0.2, 0) is 0 Å². The molecule has 0 saturated carbocycles. The zero-order valence-corrected chi connectivity index (χ0v) is 9.38. The van der Waals surface area contributed by atoms with Gasteiger partial charge < -0.3 is 15.1 Å². The number of rotatable bonds is 5. The third-order valence-electron chi connectivity index (χ3n) is 1.47. The molecule has 1 aromatic heterocycles. The average molecular weight is 267 g/mol. The van der Waals surface area contributed by atoms with E-state index in [9.17, 15) is 0 Å². The van der Waals surface area contributed by atoms with Gasteiger partial charge in [-0.3, -0.25) is 0 Å². The molecule has 2 N–H and O–H groups in total. The molecule has 1 rings (SSSR count). The largest absolute Gasteiger partial charge is 0.395 e. The smallest absolute Gasteiger partial charge is 0.186 e. The molecule has 0 amide bonds. The molecule has 0 aromatic carbocycles. The van der Waals surface area contributed by atoms with Crippen molar-refractivity contribution >= 4 is 32.4 Å². The summed E-state index contributed by atoms with van der Waals surface area (Å²) in [6.07, 6.45) is 0. The summed E-state index contributed by atoms with van der Waals surface area (Å²) < 4.78 is 0.786. The first kappa shape index (κ1) is 10.9. The molecule has 4 nitrogen and oxygen atoms in total. The molecule has 0 spiro atoms. The second-order valence-electron chi connectivity index (χ2n) is 2.39. The molecule has 6 heteroatoms. The maximum atomic E-state index is 8.77. The number of aliphatic hydroxyl groups excluding tert-OH is 2. The van der Waals surface area contributed by atoms with Crippen LogP contribution in [0.1, 0.15) is 0 Å². The fourth-order valence-corrected chi connectivity index (χ4v) is 2.24. The molecular weight excluding hydrogens is 256 g/mol. The lowest BCUT2D eigenvalue weighted by Gasteiger charge is -2.18. The fourth-order valence-electron chi connectivity index (χ4n) is 0.935. The van der Waals surface area contributed by atoms with Gasteiger partial charge in [-0.05, 0) is 15.9 Å². The van der Waals surface area contributed by atoms with Crippen molar-refractivity contribution in [1.29, 1.82) is 0 Å². The van der Waals surface area contributed by atoms with E-state index in [-0.39, 0.29) is 13.2 Å². The third kappa shape index (κ3) is 3.22. The summed E-state index contributed by atoms with van der Waals surface area (Å²) in [5, 5.41) is 20.2. The van der Waals surface area contributed by atoms with Gasteiger partial charge >= 0.3 is 0 Å². The van der Waals surface area contributed by atoms with E-state index in [1.165, 1.54) is 11.3 Å². The van der Waals surface area contributed by atoms with Crippen LogP contribution >= 0.6 is 27.3 Å². The molecule has 1 heterocycles. The molecule has 0 aliphatic rings. The number of hydrogen-bond donors (Lipinski definition) is 2. The lowest BCUT2D eigenvalue weighted by Crippen LogP contribution is -2.29. The Kier molecular flexibility index (Phi) is 4.65. The van der Waals surface area contributed by atoms with Gasteiger partial charge in [0.05, 0.1) is 13.2 Å². The van der Waals surface area contributed by atoms with Gasteiger partial charge in [0.15, 0.2) is 5.13 Å². The van der Waals surface area contributed by atoms with Gasteiger partial charge in [-0.1, -0.05) is 0 Å². The number of thiazole rings is 1. The number of hydrogen-bond acceptors (Lipinski definition) is 5. The van der Waals surface area contributed by atoms with Crippen molar-refractivity contribution < 1.29 is 10.2 Å². The summed E-state index contributed by atoms with van der Waals surface area (Å²) in [5.41, 5.74) is 0. The summed E-state index contributed by atoms with van der Waals surface area (Å²) >= 11 is 4.73. The lowest BCUT2D eigenvalue weighted by molar-refractivity contribution is 0.281. The second kappa shape index (κ2) is 5.54. The standard InChI is InChI=1S/C7H11BrN2O2S/c8-6-5-13-7(9-6)10(1-3-11)2-4-12/h5,11-12H,1-4H2. The molecule has 0 atom stereocenters.